The predicted octanol–water partition coefficient (Wildman–Crippen LogP) is 3.20. The van der Waals surface area contributed by atoms with Crippen LogP contribution in [0.2, 0.25) is 0 Å². The van der Waals surface area contributed by atoms with Crippen LogP contribution < -0.4 is 4.72 Å². The number of fused-ring (bicyclic) bond motifs is 1. The van der Waals surface area contributed by atoms with Crippen LogP contribution in [-0.4, -0.2) is 28.4 Å². The Hall–Kier alpha value is -3.39. The van der Waals surface area contributed by atoms with Crippen molar-refractivity contribution in [3.8, 4) is 11.4 Å². The van der Waals surface area contributed by atoms with Crippen molar-refractivity contribution in [2.24, 2.45) is 0 Å². The second kappa shape index (κ2) is 6.73. The molecule has 0 spiro atoms. The maximum atomic E-state index is 12.7. The van der Waals surface area contributed by atoms with Gasteiger partial charge in [0.05, 0.1) is 11.4 Å². The molecule has 8 heteroatoms. The first-order valence-electron chi connectivity index (χ1n) is 8.15. The smallest absolute Gasteiger partial charge is 0.263 e. The molecule has 4 rings (SSSR count). The van der Waals surface area contributed by atoms with E-state index in [0.29, 0.717) is 16.9 Å². The topological polar surface area (TPSA) is 97.7 Å². The third kappa shape index (κ3) is 3.34. The van der Waals surface area contributed by atoms with Crippen LogP contribution in [0.4, 0.5) is 5.82 Å². The van der Waals surface area contributed by atoms with Crippen molar-refractivity contribution in [3.05, 3.63) is 72.8 Å². The molecule has 0 aliphatic heterocycles. The van der Waals surface area contributed by atoms with E-state index in [1.165, 1.54) is 18.5 Å². The van der Waals surface area contributed by atoms with Gasteiger partial charge in [0.15, 0.2) is 5.82 Å². The van der Waals surface area contributed by atoms with Crippen molar-refractivity contribution >= 4 is 26.7 Å². The average molecular weight is 377 g/mol. The third-order valence-electron chi connectivity index (χ3n) is 4.02. The van der Waals surface area contributed by atoms with Gasteiger partial charge in [0, 0.05) is 30.2 Å². The molecule has 4 heterocycles. The lowest BCUT2D eigenvalue weighted by atomic mass is 10.1. The van der Waals surface area contributed by atoms with Crippen LogP contribution >= 0.6 is 0 Å². The van der Waals surface area contributed by atoms with Crippen LogP contribution in [0.1, 0.15) is 5.56 Å². The highest BCUT2D eigenvalue weighted by molar-refractivity contribution is 7.92. The van der Waals surface area contributed by atoms with Crippen LogP contribution in [0, 0.1) is 6.92 Å². The highest BCUT2D eigenvalue weighted by Gasteiger charge is 2.19. The number of pyridine rings is 4. The van der Waals surface area contributed by atoms with Gasteiger partial charge in [0.1, 0.15) is 10.4 Å². The summed E-state index contributed by atoms with van der Waals surface area (Å²) in [6, 6.07) is 12.3. The highest BCUT2D eigenvalue weighted by atomic mass is 32.2. The fourth-order valence-corrected chi connectivity index (χ4v) is 3.70. The zero-order valence-corrected chi connectivity index (χ0v) is 15.2. The number of anilines is 1. The lowest BCUT2D eigenvalue weighted by Crippen LogP contribution is -2.15. The monoisotopic (exact) mass is 377 g/mol. The van der Waals surface area contributed by atoms with Gasteiger partial charge in [0.25, 0.3) is 10.0 Å². The van der Waals surface area contributed by atoms with Crippen molar-refractivity contribution in [2.75, 3.05) is 4.72 Å². The van der Waals surface area contributed by atoms with Crippen LogP contribution in [0.15, 0.2) is 72.1 Å². The summed E-state index contributed by atoms with van der Waals surface area (Å²) in [6.07, 6.45) is 6.07. The molecule has 0 saturated heterocycles. The predicted molar refractivity (Wildman–Crippen MR) is 103 cm³/mol. The molecule has 134 valence electrons. The largest absolute Gasteiger partial charge is 0.264 e. The second-order valence-corrected chi connectivity index (χ2v) is 7.58. The molecule has 0 bridgehead atoms. The lowest BCUT2D eigenvalue weighted by molar-refractivity contribution is 0.600. The van der Waals surface area contributed by atoms with E-state index in [2.05, 4.69) is 24.7 Å². The Kier molecular flexibility index (Phi) is 4.25. The summed E-state index contributed by atoms with van der Waals surface area (Å²) in [4.78, 5) is 17.1. The van der Waals surface area contributed by atoms with Gasteiger partial charge in [-0.15, -0.1) is 0 Å². The van der Waals surface area contributed by atoms with Gasteiger partial charge in [-0.2, -0.15) is 0 Å². The molecule has 27 heavy (non-hydrogen) atoms. The van der Waals surface area contributed by atoms with Gasteiger partial charge in [-0.3, -0.25) is 19.7 Å². The lowest BCUT2D eigenvalue weighted by Gasteiger charge is -2.12. The summed E-state index contributed by atoms with van der Waals surface area (Å²) in [5.41, 5.74) is 2.65. The Labute approximate surface area is 156 Å². The number of hydrogen-bond donors (Lipinski definition) is 1. The van der Waals surface area contributed by atoms with Gasteiger partial charge in [0.2, 0.25) is 0 Å². The molecule has 0 aliphatic rings. The van der Waals surface area contributed by atoms with Gasteiger partial charge in [-0.1, -0.05) is 12.1 Å². The maximum Gasteiger partial charge on any atom is 0.264 e. The SMILES string of the molecule is Cc1cccnc1-c1cc2cccnc2c(NS(=O)(=O)c2cccnc2)n1. The molecule has 0 aliphatic carbocycles. The molecule has 0 unspecified atom stereocenters. The highest BCUT2D eigenvalue weighted by Crippen LogP contribution is 2.28. The van der Waals surface area contributed by atoms with Crippen LogP contribution in [0.3, 0.4) is 0 Å². The number of hydrogen-bond acceptors (Lipinski definition) is 6. The van der Waals surface area contributed by atoms with E-state index in [-0.39, 0.29) is 10.7 Å². The van der Waals surface area contributed by atoms with Crippen LogP contribution in [-0.2, 0) is 10.0 Å². The zero-order valence-electron chi connectivity index (χ0n) is 14.4. The van der Waals surface area contributed by atoms with Crippen molar-refractivity contribution in [1.29, 1.82) is 0 Å². The van der Waals surface area contributed by atoms with E-state index < -0.39 is 10.0 Å². The van der Waals surface area contributed by atoms with E-state index in [4.69, 9.17) is 0 Å². The molecule has 0 amide bonds. The van der Waals surface area contributed by atoms with Crippen molar-refractivity contribution in [3.63, 3.8) is 0 Å². The summed E-state index contributed by atoms with van der Waals surface area (Å²) in [7, 11) is -3.85. The molecular weight excluding hydrogens is 362 g/mol. The Balaban J connectivity index is 1.88. The number of nitrogens with zero attached hydrogens (tertiary/aromatic N) is 4. The van der Waals surface area contributed by atoms with Crippen molar-refractivity contribution < 1.29 is 8.42 Å². The normalized spacial score (nSPS) is 11.4. The number of sulfonamides is 1. The van der Waals surface area contributed by atoms with Crippen molar-refractivity contribution in [2.45, 2.75) is 11.8 Å². The first kappa shape index (κ1) is 17.0. The van der Waals surface area contributed by atoms with Gasteiger partial charge in [-0.25, -0.2) is 13.4 Å². The van der Waals surface area contributed by atoms with Crippen LogP contribution in [0.25, 0.3) is 22.3 Å². The van der Waals surface area contributed by atoms with Gasteiger partial charge < -0.3 is 0 Å². The summed E-state index contributed by atoms with van der Waals surface area (Å²) in [6.45, 7) is 1.93. The summed E-state index contributed by atoms with van der Waals surface area (Å²) >= 11 is 0. The standard InChI is InChI=1S/C19H15N5O2S/c1-13-5-2-9-21-17(13)16-11-14-6-3-10-22-18(14)19(23-16)24-27(25,26)15-7-4-8-20-12-15/h2-12H,1H3,(H,23,24). The first-order valence-corrected chi connectivity index (χ1v) is 9.63. The molecule has 0 saturated carbocycles. The molecular formula is C19H15N5O2S. The van der Waals surface area contributed by atoms with Gasteiger partial charge in [-0.05, 0) is 42.8 Å². The summed E-state index contributed by atoms with van der Waals surface area (Å²) in [5.74, 6) is 0.150. The molecule has 1 N–H and O–H groups in total. The molecule has 0 aromatic carbocycles. The minimum Gasteiger partial charge on any atom is -0.263 e. The molecule has 4 aromatic rings. The number of rotatable bonds is 4. The Bertz CT molecular complexity index is 1230. The Morgan fingerprint density at radius 2 is 1.74 bits per heavy atom. The van der Waals surface area contributed by atoms with Crippen molar-refractivity contribution in [1.82, 2.24) is 19.9 Å². The minimum absolute atomic E-state index is 0.0512. The Morgan fingerprint density at radius 1 is 0.963 bits per heavy atom. The molecule has 0 radical (unpaired) electrons. The quantitative estimate of drug-likeness (QED) is 0.586. The van der Waals surface area contributed by atoms with E-state index in [0.717, 1.165) is 10.9 Å². The van der Waals surface area contributed by atoms with E-state index >= 15 is 0 Å². The molecule has 7 nitrogen and oxygen atoms in total. The number of nitrogens with one attached hydrogen (secondary N) is 1. The van der Waals surface area contributed by atoms with Crippen LogP contribution in [0.5, 0.6) is 0 Å². The number of aryl methyl sites for hydroxylation is 1. The fourth-order valence-electron chi connectivity index (χ4n) is 2.72. The third-order valence-corrected chi connectivity index (χ3v) is 5.34. The van der Waals surface area contributed by atoms with E-state index in [1.807, 2.05) is 31.2 Å². The number of aromatic nitrogens is 4. The average Bonchev–Trinajstić information content (AvgIpc) is 2.69. The zero-order chi connectivity index (χ0) is 18.9. The summed E-state index contributed by atoms with van der Waals surface area (Å²) < 4.78 is 28.0. The minimum atomic E-state index is -3.85. The van der Waals surface area contributed by atoms with E-state index in [1.54, 1.807) is 24.5 Å². The molecule has 0 atom stereocenters. The van der Waals surface area contributed by atoms with Gasteiger partial charge >= 0.3 is 0 Å². The summed E-state index contributed by atoms with van der Waals surface area (Å²) in [5, 5.41) is 0.761. The molecule has 4 aromatic heterocycles. The van der Waals surface area contributed by atoms with E-state index in [9.17, 15) is 8.42 Å². The molecule has 0 fully saturated rings. The first-order chi connectivity index (χ1) is 13.0. The Morgan fingerprint density at radius 3 is 2.52 bits per heavy atom. The second-order valence-electron chi connectivity index (χ2n) is 5.89. The fraction of sp³-hybridized carbons (Fsp3) is 0.0526. The maximum absolute atomic E-state index is 12.7.